The van der Waals surface area contributed by atoms with Crippen molar-refractivity contribution >= 4 is 13.4 Å². The van der Waals surface area contributed by atoms with Crippen molar-refractivity contribution in [2.75, 3.05) is 0 Å². The number of amides is 1. The lowest BCUT2D eigenvalue weighted by Crippen LogP contribution is -2.32. The van der Waals surface area contributed by atoms with Crippen LogP contribution in [0.3, 0.4) is 0 Å². The number of allylic oxidation sites excluding steroid dienone is 2. The van der Waals surface area contributed by atoms with Crippen molar-refractivity contribution in [2.24, 2.45) is 5.84 Å². The van der Waals surface area contributed by atoms with Gasteiger partial charge in [0.1, 0.15) is 0 Å². The summed E-state index contributed by atoms with van der Waals surface area (Å²) in [6.07, 6.45) is 3.03. The maximum atomic E-state index is 10.8. The topological polar surface area (TPSA) is 73.6 Å². The number of carbonyl (C=O) groups is 1. The molecular weight excluding hydrogens is 147 g/mol. The fourth-order valence-corrected chi connectivity index (χ4v) is 0.512. The number of nitrogens with two attached hydrogens (primary N) is 1. The average Bonchev–Trinajstić information content (AvgIpc) is 2.30. The second kappa shape index (κ2) is 3.79. The van der Waals surface area contributed by atoms with Gasteiger partial charge in [0.05, 0.1) is 0 Å². The van der Waals surface area contributed by atoms with Gasteiger partial charge in [-0.15, -0.1) is 0 Å². The Morgan fingerprint density at radius 1 is 1.73 bits per heavy atom. The van der Waals surface area contributed by atoms with Crippen LogP contribution in [0.1, 0.15) is 0 Å². The minimum atomic E-state index is -0.537. The van der Waals surface area contributed by atoms with Crippen LogP contribution in [0.25, 0.3) is 0 Å². The van der Waals surface area contributed by atoms with E-state index in [9.17, 15) is 4.79 Å². The Hall–Kier alpha value is -1.27. The molecule has 0 saturated carbocycles. The largest absolute Gasteiger partial charge is 0.391 e. The highest BCUT2D eigenvalue weighted by Gasteiger charge is 2.10. The molecule has 1 heterocycles. The first-order chi connectivity index (χ1) is 5.34. The van der Waals surface area contributed by atoms with Gasteiger partial charge in [-0.2, -0.15) is 0 Å². The molecule has 0 unspecified atom stereocenters. The van der Waals surface area contributed by atoms with E-state index in [0.717, 1.165) is 0 Å². The minimum absolute atomic E-state index is 0.0116. The molecule has 1 radical (unpaired) electrons. The molecule has 0 aromatic rings. The lowest BCUT2D eigenvalue weighted by atomic mass is 10.0. The third kappa shape index (κ3) is 2.10. The molecule has 1 amide bonds. The Morgan fingerprint density at radius 3 is 3.27 bits per heavy atom. The van der Waals surface area contributed by atoms with Gasteiger partial charge in [-0.1, -0.05) is 12.1 Å². The van der Waals surface area contributed by atoms with Gasteiger partial charge in [-0.25, -0.2) is 5.84 Å². The Balaban J connectivity index is 2.62. The van der Waals surface area contributed by atoms with Crippen molar-refractivity contribution in [1.82, 2.24) is 5.43 Å². The number of nitrogens with one attached hydrogen (secondary N) is 1. The van der Waals surface area contributed by atoms with Crippen LogP contribution in [0.15, 0.2) is 23.9 Å². The molecule has 11 heavy (non-hydrogen) atoms. The Bertz CT molecular complexity index is 214. The average molecular weight is 153 g/mol. The van der Waals surface area contributed by atoms with E-state index in [0.29, 0.717) is 0 Å². The number of hydrogen-bond donors (Lipinski definition) is 2. The van der Waals surface area contributed by atoms with E-state index in [2.05, 4.69) is 9.69 Å². The van der Waals surface area contributed by atoms with Crippen molar-refractivity contribution in [2.45, 2.75) is 0 Å². The van der Waals surface area contributed by atoms with Crippen LogP contribution in [0.4, 0.5) is 0 Å². The van der Waals surface area contributed by atoms with E-state index in [1.54, 1.807) is 12.1 Å². The SMILES string of the molecule is NNC(=O)C1=CC=C[B]OO1. The normalized spacial score (nSPS) is 15.5. The molecule has 3 N–H and O–H groups in total. The Kier molecular flexibility index (Phi) is 2.70. The standard InChI is InChI=1S/C5H6BN2O3/c7-8-5(9)4-2-1-3-6-11-10-4/h1-3H,7H2,(H,8,9). The minimum Gasteiger partial charge on any atom is -0.348 e. The van der Waals surface area contributed by atoms with Crippen LogP contribution < -0.4 is 11.3 Å². The summed E-state index contributed by atoms with van der Waals surface area (Å²) in [5.41, 5.74) is 1.90. The lowest BCUT2D eigenvalue weighted by Gasteiger charge is -2.03. The summed E-state index contributed by atoms with van der Waals surface area (Å²) in [5, 5.41) is 0. The predicted molar refractivity (Wildman–Crippen MR) is 37.5 cm³/mol. The Morgan fingerprint density at radius 2 is 2.55 bits per heavy atom. The van der Waals surface area contributed by atoms with Gasteiger partial charge >= 0.3 is 13.4 Å². The van der Waals surface area contributed by atoms with E-state index >= 15 is 0 Å². The third-order valence-electron chi connectivity index (χ3n) is 0.986. The summed E-state index contributed by atoms with van der Waals surface area (Å²) >= 11 is 0. The summed E-state index contributed by atoms with van der Waals surface area (Å²) < 4.78 is 0. The van der Waals surface area contributed by atoms with Crippen molar-refractivity contribution < 1.29 is 14.5 Å². The van der Waals surface area contributed by atoms with Gasteiger partial charge in [-0.3, -0.25) is 15.0 Å². The van der Waals surface area contributed by atoms with Gasteiger partial charge in [0.25, 0.3) is 0 Å². The fraction of sp³-hybridized carbons (Fsp3) is 0. The molecule has 0 spiro atoms. The molecule has 57 valence electrons. The molecule has 6 heteroatoms. The number of hydrazine groups is 1. The monoisotopic (exact) mass is 153 g/mol. The predicted octanol–water partition coefficient (Wildman–Crippen LogP) is -1.05. The zero-order valence-electron chi connectivity index (χ0n) is 5.61. The van der Waals surface area contributed by atoms with E-state index in [1.165, 1.54) is 13.6 Å². The van der Waals surface area contributed by atoms with E-state index in [4.69, 9.17) is 5.84 Å². The van der Waals surface area contributed by atoms with Crippen LogP contribution in [-0.4, -0.2) is 13.4 Å². The summed E-state index contributed by atoms with van der Waals surface area (Å²) in [7, 11) is 1.30. The van der Waals surface area contributed by atoms with Gasteiger partial charge < -0.3 is 4.89 Å². The molecule has 1 aliphatic heterocycles. The van der Waals surface area contributed by atoms with Crippen LogP contribution in [0.2, 0.25) is 0 Å². The molecule has 0 bridgehead atoms. The van der Waals surface area contributed by atoms with Crippen LogP contribution >= 0.6 is 0 Å². The van der Waals surface area contributed by atoms with Crippen LogP contribution in [0, 0.1) is 0 Å². The van der Waals surface area contributed by atoms with Crippen molar-refractivity contribution in [3.63, 3.8) is 0 Å². The molecule has 0 atom stereocenters. The first kappa shape index (κ1) is 7.84. The summed E-state index contributed by atoms with van der Waals surface area (Å²) in [4.78, 5) is 19.7. The molecule has 1 rings (SSSR count). The maximum absolute atomic E-state index is 10.8. The molecule has 0 fully saturated rings. The summed E-state index contributed by atoms with van der Waals surface area (Å²) in [6, 6.07) is 0. The second-order valence-corrected chi connectivity index (χ2v) is 1.70. The molecular formula is C5H6BN2O3. The molecule has 5 nitrogen and oxygen atoms in total. The van der Waals surface area contributed by atoms with Crippen molar-refractivity contribution in [3.05, 3.63) is 23.9 Å². The van der Waals surface area contributed by atoms with E-state index in [-0.39, 0.29) is 5.76 Å². The van der Waals surface area contributed by atoms with Gasteiger partial charge in [-0.05, 0) is 6.08 Å². The smallest absolute Gasteiger partial charge is 0.348 e. The first-order valence-corrected chi connectivity index (χ1v) is 2.89. The third-order valence-corrected chi connectivity index (χ3v) is 0.986. The summed E-state index contributed by atoms with van der Waals surface area (Å²) in [5.74, 6) is 5.90. The summed E-state index contributed by atoms with van der Waals surface area (Å²) in [6.45, 7) is 0. The quantitative estimate of drug-likeness (QED) is 0.166. The van der Waals surface area contributed by atoms with Gasteiger partial charge in [0, 0.05) is 0 Å². The lowest BCUT2D eigenvalue weighted by molar-refractivity contribution is -0.173. The molecule has 0 aromatic heterocycles. The highest BCUT2D eigenvalue weighted by Crippen LogP contribution is 2.01. The van der Waals surface area contributed by atoms with Crippen molar-refractivity contribution in [3.8, 4) is 0 Å². The first-order valence-electron chi connectivity index (χ1n) is 2.89. The van der Waals surface area contributed by atoms with E-state index in [1.807, 2.05) is 5.43 Å². The van der Waals surface area contributed by atoms with Crippen LogP contribution in [-0.2, 0) is 14.5 Å². The fourth-order valence-electron chi connectivity index (χ4n) is 0.512. The molecule has 0 aliphatic carbocycles. The number of hydrogen-bond acceptors (Lipinski definition) is 4. The zero-order chi connectivity index (χ0) is 8.10. The Labute approximate surface area is 64.0 Å². The van der Waals surface area contributed by atoms with Gasteiger partial charge in [0.2, 0.25) is 5.76 Å². The number of carbonyl (C=O) groups excluding carboxylic acids is 1. The zero-order valence-corrected chi connectivity index (χ0v) is 5.61. The molecule has 0 saturated heterocycles. The van der Waals surface area contributed by atoms with Crippen LogP contribution in [0.5, 0.6) is 0 Å². The van der Waals surface area contributed by atoms with Gasteiger partial charge in [0.15, 0.2) is 0 Å². The highest BCUT2D eigenvalue weighted by atomic mass is 17.2. The highest BCUT2D eigenvalue weighted by molar-refractivity contribution is 6.34. The molecule has 1 aliphatic rings. The second-order valence-electron chi connectivity index (χ2n) is 1.70. The van der Waals surface area contributed by atoms with Crippen molar-refractivity contribution in [1.29, 1.82) is 0 Å². The number of rotatable bonds is 1. The maximum Gasteiger partial charge on any atom is 0.391 e. The molecule has 0 aromatic carbocycles. The van der Waals surface area contributed by atoms with E-state index < -0.39 is 5.91 Å².